The zero-order valence-corrected chi connectivity index (χ0v) is 10.6. The van der Waals surface area contributed by atoms with Gasteiger partial charge < -0.3 is 5.73 Å². The molecule has 94 valence electrons. The van der Waals surface area contributed by atoms with Gasteiger partial charge in [0.05, 0.1) is 0 Å². The second kappa shape index (κ2) is 7.82. The second-order valence-corrected chi connectivity index (χ2v) is 4.47. The predicted molar refractivity (Wildman–Crippen MR) is 69.4 cm³/mol. The molecule has 1 heterocycles. The van der Waals surface area contributed by atoms with Gasteiger partial charge in [-0.25, -0.2) is 0 Å². The molecule has 0 spiro atoms. The van der Waals surface area contributed by atoms with Crippen molar-refractivity contribution in [1.29, 1.82) is 0 Å². The Kier molecular flexibility index (Phi) is 6.30. The number of unbranched alkanes of at least 4 members (excludes halogenated alkanes) is 3. The monoisotopic (exact) mass is 234 g/mol. The van der Waals surface area contributed by atoms with Crippen molar-refractivity contribution < 1.29 is 4.79 Å². The average molecular weight is 234 g/mol. The molecule has 0 saturated heterocycles. The Morgan fingerprint density at radius 2 is 2.18 bits per heavy atom. The highest BCUT2D eigenvalue weighted by molar-refractivity contribution is 5.76. The lowest BCUT2D eigenvalue weighted by Crippen LogP contribution is -2.25. The number of nitrogens with two attached hydrogens (primary N) is 1. The largest absolute Gasteiger partial charge is 0.369 e. The van der Waals surface area contributed by atoms with Crippen LogP contribution in [0.5, 0.6) is 0 Å². The summed E-state index contributed by atoms with van der Waals surface area (Å²) < 4.78 is 0. The number of rotatable bonds is 8. The van der Waals surface area contributed by atoms with E-state index in [1.807, 2.05) is 18.2 Å². The maximum Gasteiger partial charge on any atom is 0.220 e. The van der Waals surface area contributed by atoms with Crippen LogP contribution in [0.4, 0.5) is 0 Å². The number of hydrogen-bond donors (Lipinski definition) is 1. The molecule has 3 heteroatoms. The molecule has 0 saturated carbocycles. The molecule has 17 heavy (non-hydrogen) atoms. The van der Waals surface area contributed by atoms with E-state index in [0.717, 1.165) is 18.5 Å². The van der Waals surface area contributed by atoms with E-state index >= 15 is 0 Å². The minimum absolute atomic E-state index is 0.0678. The molecule has 0 bridgehead atoms. The molecule has 1 aromatic rings. The molecule has 1 atom stereocenters. The number of pyridine rings is 1. The lowest BCUT2D eigenvalue weighted by molar-refractivity contribution is -0.122. The van der Waals surface area contributed by atoms with Gasteiger partial charge in [-0.2, -0.15) is 0 Å². The van der Waals surface area contributed by atoms with Crippen molar-refractivity contribution in [3.63, 3.8) is 0 Å². The van der Waals surface area contributed by atoms with E-state index in [1.54, 1.807) is 6.20 Å². The topological polar surface area (TPSA) is 56.0 Å². The Hall–Kier alpha value is -1.38. The molecule has 0 aliphatic heterocycles. The quantitative estimate of drug-likeness (QED) is 0.703. The third-order valence-electron chi connectivity index (χ3n) is 2.99. The average Bonchev–Trinajstić information content (AvgIpc) is 2.34. The summed E-state index contributed by atoms with van der Waals surface area (Å²) in [7, 11) is 0. The first-order valence-electron chi connectivity index (χ1n) is 6.43. The van der Waals surface area contributed by atoms with Crippen molar-refractivity contribution in [3.8, 4) is 0 Å². The summed E-state index contributed by atoms with van der Waals surface area (Å²) in [5.74, 6) is -0.270. The summed E-state index contributed by atoms with van der Waals surface area (Å²) in [6, 6.07) is 5.77. The fraction of sp³-hybridized carbons (Fsp3) is 0.571. The summed E-state index contributed by atoms with van der Waals surface area (Å²) in [4.78, 5) is 15.6. The van der Waals surface area contributed by atoms with Crippen LogP contribution in [0.25, 0.3) is 0 Å². The van der Waals surface area contributed by atoms with Crippen LogP contribution in [-0.2, 0) is 11.2 Å². The molecule has 1 aromatic heterocycles. The van der Waals surface area contributed by atoms with E-state index in [0.29, 0.717) is 6.42 Å². The summed E-state index contributed by atoms with van der Waals surface area (Å²) in [6.07, 6.45) is 8.01. The van der Waals surface area contributed by atoms with E-state index in [-0.39, 0.29) is 11.8 Å². The highest BCUT2D eigenvalue weighted by Crippen LogP contribution is 2.15. The zero-order chi connectivity index (χ0) is 12.5. The molecule has 3 nitrogen and oxygen atoms in total. The summed E-state index contributed by atoms with van der Waals surface area (Å²) in [5, 5.41) is 0. The standard InChI is InChI=1S/C14H22N2O/c1-2-3-4-5-8-12(14(15)17)11-13-9-6-7-10-16-13/h6-7,9-10,12H,2-5,8,11H2,1H3,(H2,15,17). The first kappa shape index (κ1) is 13.7. The number of aromatic nitrogens is 1. The van der Waals surface area contributed by atoms with Crippen LogP contribution >= 0.6 is 0 Å². The van der Waals surface area contributed by atoms with Crippen LogP contribution < -0.4 is 5.73 Å². The van der Waals surface area contributed by atoms with Crippen molar-refractivity contribution in [3.05, 3.63) is 30.1 Å². The number of amides is 1. The fourth-order valence-corrected chi connectivity index (χ4v) is 1.93. The lowest BCUT2D eigenvalue weighted by atomic mass is 9.95. The van der Waals surface area contributed by atoms with Crippen LogP contribution in [0.2, 0.25) is 0 Å². The van der Waals surface area contributed by atoms with E-state index in [1.165, 1.54) is 19.3 Å². The Bertz CT molecular complexity index is 324. The van der Waals surface area contributed by atoms with Gasteiger partial charge in [0.15, 0.2) is 0 Å². The SMILES string of the molecule is CCCCCCC(Cc1ccccn1)C(N)=O. The van der Waals surface area contributed by atoms with E-state index in [4.69, 9.17) is 5.73 Å². The highest BCUT2D eigenvalue weighted by Gasteiger charge is 2.15. The molecule has 1 rings (SSSR count). The Labute approximate surface area is 103 Å². The molecule has 0 aliphatic rings. The van der Waals surface area contributed by atoms with Crippen LogP contribution in [0, 0.1) is 5.92 Å². The van der Waals surface area contributed by atoms with Gasteiger partial charge in [0, 0.05) is 24.2 Å². The first-order valence-corrected chi connectivity index (χ1v) is 6.43. The second-order valence-electron chi connectivity index (χ2n) is 4.47. The number of hydrogen-bond acceptors (Lipinski definition) is 2. The van der Waals surface area contributed by atoms with Crippen LogP contribution in [0.3, 0.4) is 0 Å². The van der Waals surface area contributed by atoms with Gasteiger partial charge in [-0.1, -0.05) is 38.7 Å². The predicted octanol–water partition coefficient (Wildman–Crippen LogP) is 2.70. The third kappa shape index (κ3) is 5.48. The molecule has 1 amide bonds. The van der Waals surface area contributed by atoms with Gasteiger partial charge in [0.1, 0.15) is 0 Å². The minimum atomic E-state index is -0.202. The van der Waals surface area contributed by atoms with Gasteiger partial charge >= 0.3 is 0 Å². The Morgan fingerprint density at radius 1 is 1.35 bits per heavy atom. The minimum Gasteiger partial charge on any atom is -0.369 e. The highest BCUT2D eigenvalue weighted by atomic mass is 16.1. The molecule has 2 N–H and O–H groups in total. The molecule has 0 aliphatic carbocycles. The molecule has 1 unspecified atom stereocenters. The molecule has 0 radical (unpaired) electrons. The van der Waals surface area contributed by atoms with Crippen LogP contribution in [0.1, 0.15) is 44.7 Å². The lowest BCUT2D eigenvalue weighted by Gasteiger charge is -2.12. The molecular formula is C14H22N2O. The molecule has 0 fully saturated rings. The van der Waals surface area contributed by atoms with Crippen molar-refractivity contribution in [2.24, 2.45) is 11.7 Å². The first-order chi connectivity index (χ1) is 8.24. The fourth-order valence-electron chi connectivity index (χ4n) is 1.93. The third-order valence-corrected chi connectivity index (χ3v) is 2.99. The van der Waals surface area contributed by atoms with Crippen molar-refractivity contribution in [1.82, 2.24) is 4.98 Å². The maximum atomic E-state index is 11.4. The van der Waals surface area contributed by atoms with E-state index in [2.05, 4.69) is 11.9 Å². The smallest absolute Gasteiger partial charge is 0.220 e. The summed E-state index contributed by atoms with van der Waals surface area (Å²) in [5.41, 5.74) is 6.38. The zero-order valence-electron chi connectivity index (χ0n) is 10.6. The van der Waals surface area contributed by atoms with E-state index in [9.17, 15) is 4.79 Å². The molecular weight excluding hydrogens is 212 g/mol. The molecule has 0 aromatic carbocycles. The van der Waals surface area contributed by atoms with Gasteiger partial charge in [0.2, 0.25) is 5.91 Å². The van der Waals surface area contributed by atoms with Crippen LogP contribution in [0.15, 0.2) is 24.4 Å². The number of carbonyl (C=O) groups excluding carboxylic acids is 1. The van der Waals surface area contributed by atoms with Gasteiger partial charge in [-0.15, -0.1) is 0 Å². The van der Waals surface area contributed by atoms with E-state index < -0.39 is 0 Å². The number of primary amides is 1. The Morgan fingerprint density at radius 3 is 2.76 bits per heavy atom. The number of carbonyl (C=O) groups is 1. The van der Waals surface area contributed by atoms with Gasteiger partial charge in [-0.05, 0) is 18.6 Å². The van der Waals surface area contributed by atoms with Crippen molar-refractivity contribution in [2.75, 3.05) is 0 Å². The van der Waals surface area contributed by atoms with Crippen molar-refractivity contribution >= 4 is 5.91 Å². The Balaban J connectivity index is 2.41. The van der Waals surface area contributed by atoms with Gasteiger partial charge in [-0.3, -0.25) is 9.78 Å². The normalized spacial score (nSPS) is 12.3. The number of nitrogens with zero attached hydrogens (tertiary/aromatic N) is 1. The van der Waals surface area contributed by atoms with Gasteiger partial charge in [0.25, 0.3) is 0 Å². The summed E-state index contributed by atoms with van der Waals surface area (Å²) >= 11 is 0. The maximum absolute atomic E-state index is 11.4. The summed E-state index contributed by atoms with van der Waals surface area (Å²) in [6.45, 7) is 2.18. The van der Waals surface area contributed by atoms with Crippen LogP contribution in [-0.4, -0.2) is 10.9 Å². The van der Waals surface area contributed by atoms with Crippen molar-refractivity contribution in [2.45, 2.75) is 45.4 Å².